The number of benzene rings is 4. The fourth-order valence-corrected chi connectivity index (χ4v) is 13.5. The summed E-state index contributed by atoms with van der Waals surface area (Å²) in [5.41, 5.74) is 0.183. The van der Waals surface area contributed by atoms with E-state index < -0.39 is 92.7 Å². The molecule has 0 spiro atoms. The number of carboxylic acid groups (broad SMARTS) is 1. The minimum Gasteiger partial charge on any atom is -0.481 e. The summed E-state index contributed by atoms with van der Waals surface area (Å²) in [7, 11) is -23.2. The molecular weight excluding hydrogens is 1230 g/mol. The Morgan fingerprint density at radius 2 is 1.09 bits per heavy atom. The maximum absolute atomic E-state index is 12.9. The molecule has 0 fully saturated rings. The van der Waals surface area contributed by atoms with Gasteiger partial charge in [0.25, 0.3) is 50.6 Å². The fraction of sp³-hybridized carbons (Fsp3) is 0.456. The number of carboxylic acids is 1. The van der Waals surface area contributed by atoms with E-state index in [2.05, 4.69) is 6.58 Å². The first kappa shape index (κ1) is 71.4. The van der Waals surface area contributed by atoms with Crippen molar-refractivity contribution < 1.29 is 103 Å². The predicted octanol–water partition coefficient (Wildman–Crippen LogP) is 7.87. The van der Waals surface area contributed by atoms with E-state index in [0.717, 1.165) is 12.1 Å². The molecule has 2 atom stereocenters. The number of hydrogen-bond acceptors (Lipinski definition) is 18. The fourth-order valence-electron chi connectivity index (χ4n) is 10.3. The first-order chi connectivity index (χ1) is 40.3. The summed E-state index contributed by atoms with van der Waals surface area (Å²) < 4.78 is 209. The highest BCUT2D eigenvalue weighted by molar-refractivity contribution is 7.87. The first-order valence-corrected chi connectivity index (χ1v) is 34.5. The zero-order valence-corrected chi connectivity index (χ0v) is 52.2. The molecule has 0 radical (unpaired) electrons. The van der Waals surface area contributed by atoms with Crippen molar-refractivity contribution in [1.29, 1.82) is 0 Å². The molecule has 5 rings (SSSR count). The van der Waals surface area contributed by atoms with Gasteiger partial charge in [-0.25, -0.2) is 0 Å². The molecule has 0 bridgehead atoms. The average Bonchev–Trinajstić information content (AvgIpc) is 1.46. The normalized spacial score (nSPS) is 16.6. The van der Waals surface area contributed by atoms with Crippen LogP contribution in [0.5, 0.6) is 0 Å². The van der Waals surface area contributed by atoms with E-state index in [9.17, 15) is 74.8 Å². The number of rotatable bonds is 38. The molecule has 0 amide bonds. The van der Waals surface area contributed by atoms with Gasteiger partial charge in [-0.3, -0.25) is 27.6 Å². The molecule has 1 aliphatic rings. The van der Waals surface area contributed by atoms with Crippen molar-refractivity contribution in [3.05, 3.63) is 126 Å². The number of nitrogens with zero attached hydrogens (tertiary/aromatic N) is 1. The maximum atomic E-state index is 12.9. The van der Waals surface area contributed by atoms with E-state index in [0.29, 0.717) is 112 Å². The molecule has 1 aliphatic heterocycles. The summed E-state index contributed by atoms with van der Waals surface area (Å²) >= 11 is 0. The zero-order valence-electron chi connectivity index (χ0n) is 48.1. The van der Waals surface area contributed by atoms with E-state index in [1.165, 1.54) is 18.2 Å². The Morgan fingerprint density at radius 3 is 1.60 bits per heavy atom. The Bertz CT molecular complexity index is 3780. The summed E-state index contributed by atoms with van der Waals surface area (Å²) in [4.78, 5) is 10.1. The molecule has 4 aromatic carbocycles. The lowest BCUT2D eigenvalue weighted by Gasteiger charge is -2.34. The van der Waals surface area contributed by atoms with Crippen LogP contribution in [0.3, 0.4) is 0 Å². The third-order valence-corrected chi connectivity index (χ3v) is 18.7. The number of hydrogen-bond donors (Lipinski definition) is 6. The van der Waals surface area contributed by atoms with Crippen LogP contribution in [0.1, 0.15) is 75.5 Å². The first-order valence-electron chi connectivity index (χ1n) is 27.1. The molecule has 86 heavy (non-hydrogen) atoms. The van der Waals surface area contributed by atoms with Crippen molar-refractivity contribution in [2.24, 2.45) is 0 Å². The number of allylic oxidation sites excluding steroid dienone is 9. The molecule has 0 saturated heterocycles. The Kier molecular flexibility index (Phi) is 25.9. The molecule has 2 unspecified atom stereocenters. The van der Waals surface area contributed by atoms with Crippen molar-refractivity contribution >= 4 is 83.8 Å². The second-order valence-corrected chi connectivity index (χ2v) is 27.8. The third kappa shape index (κ3) is 19.8. The summed E-state index contributed by atoms with van der Waals surface area (Å²) in [5, 5.41) is 9.27. The van der Waals surface area contributed by atoms with Gasteiger partial charge in [0, 0.05) is 59.7 Å². The van der Waals surface area contributed by atoms with Gasteiger partial charge in [-0.1, -0.05) is 74.6 Å². The second-order valence-electron chi connectivity index (χ2n) is 20.6. The smallest absolute Gasteiger partial charge is 0.303 e. The van der Waals surface area contributed by atoms with Crippen LogP contribution in [0.15, 0.2) is 128 Å². The molecular formula is C57H75NO23S5. The van der Waals surface area contributed by atoms with E-state index >= 15 is 0 Å². The molecule has 476 valence electrons. The number of unbranched alkanes of at least 4 members (excludes halogenated alkanes) is 2. The zero-order chi connectivity index (χ0) is 63.7. The van der Waals surface area contributed by atoms with Gasteiger partial charge < -0.3 is 38.4 Å². The standard InChI is InChI=1S/C57H75NO23S5/c1-41-18-19-45-47(37-43(83(64,65)66)39-50(45)85(70,71)72)54(41)56(3,22-14-36-82(61,62)63)42(2)15-10-7-6-8-11-16-52-57(4,23-25-77-28-29-79-32-33-81-35-34-80-31-30-78-27-26-76-5)55-48-38-44(84(67,68)69)40-51(86(73,74)75)46(48)20-21-49(55)58(52)24-13-9-12-17-53(59)60/h6-8,10-11,15-16,18-21,37-40H,2,9,12-14,17,22-36H2,1,3-5H3,(H,59,60)(H,61,62,63)(H,64,65,66)(H,67,68,69)(H,70,71,72)(H,73,74,75)/b7-6+,11-8+,15-10+,52-16+. The Hall–Kier alpha value is -5.32. The highest BCUT2D eigenvalue weighted by Gasteiger charge is 2.45. The highest BCUT2D eigenvalue weighted by Crippen LogP contribution is 2.54. The number of aliphatic carboxylic acids is 1. The van der Waals surface area contributed by atoms with Gasteiger partial charge in [-0.05, 0) is 115 Å². The molecule has 24 nitrogen and oxygen atoms in total. The lowest BCUT2D eigenvalue weighted by atomic mass is 9.70. The van der Waals surface area contributed by atoms with Crippen LogP contribution in [-0.2, 0) is 94.6 Å². The SMILES string of the molecule is C=C(/C=C/C=C/C=C/C=C1/N(CCCCCC(=O)O)c2ccc3c(S(=O)(=O)O)cc(S(=O)(=O)O)cc3c2C1(C)CCOCCOCCOCCOCCOCCOC)C(C)(CCCS(=O)(=O)O)c1c(C)ccc2c(S(=O)(=O)O)cc(S(=O)(=O)O)cc12. The Morgan fingerprint density at radius 1 is 0.605 bits per heavy atom. The van der Waals surface area contributed by atoms with E-state index in [4.69, 9.17) is 28.4 Å². The van der Waals surface area contributed by atoms with Gasteiger partial charge >= 0.3 is 5.97 Å². The van der Waals surface area contributed by atoms with E-state index in [-0.39, 0.29) is 79.2 Å². The minimum atomic E-state index is -5.09. The number of ether oxygens (including phenoxy) is 6. The van der Waals surface area contributed by atoms with Crippen molar-refractivity contribution in [2.75, 3.05) is 97.0 Å². The van der Waals surface area contributed by atoms with Gasteiger partial charge in [0.05, 0.1) is 81.6 Å². The van der Waals surface area contributed by atoms with Gasteiger partial charge in [-0.15, -0.1) is 0 Å². The molecule has 6 N–H and O–H groups in total. The quantitative estimate of drug-likeness (QED) is 0.0141. The monoisotopic (exact) mass is 1300 g/mol. The van der Waals surface area contributed by atoms with Gasteiger partial charge in [-0.2, -0.15) is 42.1 Å². The summed E-state index contributed by atoms with van der Waals surface area (Å²) in [6.45, 7) is 13.2. The van der Waals surface area contributed by atoms with Crippen LogP contribution in [0, 0.1) is 6.92 Å². The van der Waals surface area contributed by atoms with E-state index in [1.54, 1.807) is 69.6 Å². The van der Waals surface area contributed by atoms with Crippen LogP contribution in [0.2, 0.25) is 0 Å². The molecule has 1 heterocycles. The number of aryl methyl sites for hydroxylation is 1. The molecule has 29 heteroatoms. The largest absolute Gasteiger partial charge is 0.481 e. The lowest BCUT2D eigenvalue weighted by Crippen LogP contribution is -2.30. The molecule has 0 aliphatic carbocycles. The number of fused-ring (bicyclic) bond motifs is 4. The van der Waals surface area contributed by atoms with Crippen LogP contribution >= 0.6 is 0 Å². The number of anilines is 1. The Balaban J connectivity index is 1.50. The van der Waals surface area contributed by atoms with E-state index in [1.807, 2.05) is 11.8 Å². The van der Waals surface area contributed by atoms with Crippen molar-refractivity contribution in [1.82, 2.24) is 0 Å². The minimum absolute atomic E-state index is 0.0167. The van der Waals surface area contributed by atoms with Crippen LogP contribution in [0.4, 0.5) is 5.69 Å². The average molecular weight is 1300 g/mol. The molecule has 0 aromatic heterocycles. The maximum Gasteiger partial charge on any atom is 0.303 e. The van der Waals surface area contributed by atoms with Crippen LogP contribution in [-0.4, -0.2) is 168 Å². The van der Waals surface area contributed by atoms with Gasteiger partial charge in [0.1, 0.15) is 9.79 Å². The van der Waals surface area contributed by atoms with Crippen molar-refractivity contribution in [3.63, 3.8) is 0 Å². The summed E-state index contributed by atoms with van der Waals surface area (Å²) in [6, 6.07) is 9.38. The van der Waals surface area contributed by atoms with Crippen molar-refractivity contribution in [2.45, 2.75) is 96.1 Å². The Labute approximate surface area is 502 Å². The summed E-state index contributed by atoms with van der Waals surface area (Å²) in [6.07, 6.45) is 12.8. The predicted molar refractivity (Wildman–Crippen MR) is 321 cm³/mol. The number of methoxy groups -OCH3 is 1. The topological polar surface area (TPSA) is 368 Å². The van der Waals surface area contributed by atoms with Crippen molar-refractivity contribution in [3.8, 4) is 0 Å². The number of carbonyl (C=O) groups is 1. The van der Waals surface area contributed by atoms with Gasteiger partial charge in [0.2, 0.25) is 0 Å². The lowest BCUT2D eigenvalue weighted by molar-refractivity contribution is -0.137. The molecule has 0 saturated carbocycles. The molecule has 4 aromatic rings. The third-order valence-electron chi connectivity index (χ3n) is 14.5. The highest BCUT2D eigenvalue weighted by atomic mass is 32.2. The van der Waals surface area contributed by atoms with Gasteiger partial charge in [0.15, 0.2) is 0 Å². The van der Waals surface area contributed by atoms with Crippen LogP contribution < -0.4 is 4.90 Å². The second kappa shape index (κ2) is 31.2. The van der Waals surface area contributed by atoms with Crippen LogP contribution in [0.25, 0.3) is 21.5 Å². The summed E-state index contributed by atoms with van der Waals surface area (Å²) in [5.74, 6) is -1.65.